The molecule has 1 fully saturated rings. The summed E-state index contributed by atoms with van der Waals surface area (Å²) in [6.07, 6.45) is 4.98. The zero-order valence-electron chi connectivity index (χ0n) is 9.08. The Balaban J connectivity index is 1.96. The van der Waals surface area contributed by atoms with Crippen LogP contribution in [0.2, 0.25) is 0 Å². The van der Waals surface area contributed by atoms with E-state index in [-0.39, 0.29) is 11.9 Å². The molecule has 2 heteroatoms. The average molecular weight is 208 g/mol. The summed E-state index contributed by atoms with van der Waals surface area (Å²) in [5.74, 6) is 1.17. The highest BCUT2D eigenvalue weighted by Crippen LogP contribution is 2.27. The lowest BCUT2D eigenvalue weighted by Gasteiger charge is -2.27. The van der Waals surface area contributed by atoms with E-state index in [1.807, 2.05) is 6.07 Å². The molecule has 0 bridgehead atoms. The number of hydrogen-bond donors (Lipinski definition) is 0. The summed E-state index contributed by atoms with van der Waals surface area (Å²) in [5, 5.41) is 0. The number of benzene rings is 1. The van der Waals surface area contributed by atoms with E-state index in [4.69, 9.17) is 4.74 Å². The van der Waals surface area contributed by atoms with Crippen LogP contribution in [-0.4, -0.2) is 6.10 Å². The van der Waals surface area contributed by atoms with Gasteiger partial charge in [-0.25, -0.2) is 4.39 Å². The number of ether oxygens (including phenoxy) is 1. The molecule has 1 aromatic rings. The molecule has 2 rings (SSSR count). The standard InChI is InChI=1S/C13H17FO/c1-10-4-2-6-12(8-10)15-13-7-3-5-11(14)9-13/h3,5,7,9-10,12H,2,4,6,8H2,1H3. The predicted octanol–water partition coefficient (Wildman–Crippen LogP) is 3.78. The Morgan fingerprint density at radius 1 is 1.33 bits per heavy atom. The molecule has 15 heavy (non-hydrogen) atoms. The molecule has 82 valence electrons. The van der Waals surface area contributed by atoms with E-state index in [1.165, 1.54) is 25.0 Å². The molecule has 1 aromatic carbocycles. The first-order valence-corrected chi connectivity index (χ1v) is 5.66. The lowest BCUT2D eigenvalue weighted by atomic mass is 9.89. The fraction of sp³-hybridized carbons (Fsp3) is 0.538. The summed E-state index contributed by atoms with van der Waals surface area (Å²) in [6, 6.07) is 6.41. The molecule has 1 aliphatic rings. The summed E-state index contributed by atoms with van der Waals surface area (Å²) in [4.78, 5) is 0. The Kier molecular flexibility index (Phi) is 3.24. The van der Waals surface area contributed by atoms with Crippen LogP contribution in [0, 0.1) is 11.7 Å². The molecule has 0 aromatic heterocycles. The predicted molar refractivity (Wildman–Crippen MR) is 58.4 cm³/mol. The molecule has 0 heterocycles. The van der Waals surface area contributed by atoms with Crippen molar-refractivity contribution < 1.29 is 9.13 Å². The second-order valence-corrected chi connectivity index (χ2v) is 4.47. The normalized spacial score (nSPS) is 26.3. The van der Waals surface area contributed by atoms with Gasteiger partial charge in [0.05, 0.1) is 6.10 Å². The quantitative estimate of drug-likeness (QED) is 0.718. The van der Waals surface area contributed by atoms with Crippen molar-refractivity contribution in [1.82, 2.24) is 0 Å². The topological polar surface area (TPSA) is 9.23 Å². The van der Waals surface area contributed by atoms with Crippen molar-refractivity contribution in [2.75, 3.05) is 0 Å². The molecule has 1 nitrogen and oxygen atoms in total. The third kappa shape index (κ3) is 2.95. The second kappa shape index (κ2) is 4.65. The summed E-state index contributed by atoms with van der Waals surface area (Å²) in [5.41, 5.74) is 0. The Bertz CT molecular complexity index is 324. The van der Waals surface area contributed by atoms with Crippen LogP contribution in [-0.2, 0) is 0 Å². The van der Waals surface area contributed by atoms with Crippen LogP contribution in [0.15, 0.2) is 24.3 Å². The zero-order valence-corrected chi connectivity index (χ0v) is 9.08. The molecule has 0 N–H and O–H groups in total. The number of hydrogen-bond acceptors (Lipinski definition) is 1. The Labute approximate surface area is 90.3 Å². The zero-order chi connectivity index (χ0) is 10.7. The third-order valence-electron chi connectivity index (χ3n) is 2.99. The first kappa shape index (κ1) is 10.5. The van der Waals surface area contributed by atoms with Gasteiger partial charge in [0.2, 0.25) is 0 Å². The van der Waals surface area contributed by atoms with Crippen molar-refractivity contribution in [2.24, 2.45) is 5.92 Å². The SMILES string of the molecule is CC1CCCC(Oc2cccc(F)c2)C1. The van der Waals surface area contributed by atoms with Gasteiger partial charge in [-0.3, -0.25) is 0 Å². The molecule has 1 aliphatic carbocycles. The van der Waals surface area contributed by atoms with Crippen LogP contribution < -0.4 is 4.74 Å². The van der Waals surface area contributed by atoms with E-state index < -0.39 is 0 Å². The lowest BCUT2D eigenvalue weighted by molar-refractivity contribution is 0.129. The third-order valence-corrected chi connectivity index (χ3v) is 2.99. The van der Waals surface area contributed by atoms with Crippen LogP contribution in [0.25, 0.3) is 0 Å². The van der Waals surface area contributed by atoms with Gasteiger partial charge in [-0.15, -0.1) is 0 Å². The summed E-state index contributed by atoms with van der Waals surface area (Å²) >= 11 is 0. The molecule has 0 amide bonds. The molecule has 2 atom stereocenters. The number of rotatable bonds is 2. The van der Waals surface area contributed by atoms with E-state index in [1.54, 1.807) is 6.07 Å². The minimum atomic E-state index is -0.226. The van der Waals surface area contributed by atoms with Crippen LogP contribution >= 0.6 is 0 Å². The molecule has 1 saturated carbocycles. The monoisotopic (exact) mass is 208 g/mol. The summed E-state index contributed by atoms with van der Waals surface area (Å²) < 4.78 is 18.7. The lowest BCUT2D eigenvalue weighted by Crippen LogP contribution is -2.24. The van der Waals surface area contributed by atoms with Gasteiger partial charge < -0.3 is 4.74 Å². The maximum absolute atomic E-state index is 12.9. The Hall–Kier alpha value is -1.05. The average Bonchev–Trinajstić information content (AvgIpc) is 2.17. The molecule has 0 aliphatic heterocycles. The highest BCUT2D eigenvalue weighted by Gasteiger charge is 2.20. The van der Waals surface area contributed by atoms with E-state index >= 15 is 0 Å². The van der Waals surface area contributed by atoms with Gasteiger partial charge in [0.25, 0.3) is 0 Å². The van der Waals surface area contributed by atoms with E-state index in [0.29, 0.717) is 5.75 Å². The second-order valence-electron chi connectivity index (χ2n) is 4.47. The van der Waals surface area contributed by atoms with Crippen LogP contribution in [0.1, 0.15) is 32.6 Å². The molecule has 0 spiro atoms. The highest BCUT2D eigenvalue weighted by atomic mass is 19.1. The van der Waals surface area contributed by atoms with Gasteiger partial charge in [-0.05, 0) is 37.3 Å². The molecule has 2 unspecified atom stereocenters. The van der Waals surface area contributed by atoms with E-state index in [0.717, 1.165) is 18.8 Å². The van der Waals surface area contributed by atoms with Gasteiger partial charge >= 0.3 is 0 Å². The smallest absolute Gasteiger partial charge is 0.126 e. The summed E-state index contributed by atoms with van der Waals surface area (Å²) in [6.45, 7) is 2.25. The van der Waals surface area contributed by atoms with Crippen molar-refractivity contribution in [2.45, 2.75) is 38.7 Å². The van der Waals surface area contributed by atoms with Crippen molar-refractivity contribution in [3.63, 3.8) is 0 Å². The Morgan fingerprint density at radius 3 is 2.93 bits per heavy atom. The fourth-order valence-corrected chi connectivity index (χ4v) is 2.22. The van der Waals surface area contributed by atoms with Gasteiger partial charge in [0, 0.05) is 6.07 Å². The van der Waals surface area contributed by atoms with Crippen molar-refractivity contribution in [1.29, 1.82) is 0 Å². The van der Waals surface area contributed by atoms with Gasteiger partial charge in [-0.1, -0.05) is 19.4 Å². The number of halogens is 1. The van der Waals surface area contributed by atoms with Crippen molar-refractivity contribution in [3.05, 3.63) is 30.1 Å². The first-order valence-electron chi connectivity index (χ1n) is 5.66. The minimum absolute atomic E-state index is 0.226. The maximum Gasteiger partial charge on any atom is 0.126 e. The Morgan fingerprint density at radius 2 is 2.20 bits per heavy atom. The van der Waals surface area contributed by atoms with Crippen LogP contribution in [0.5, 0.6) is 5.75 Å². The largest absolute Gasteiger partial charge is 0.490 e. The molecular formula is C13H17FO. The fourth-order valence-electron chi connectivity index (χ4n) is 2.22. The van der Waals surface area contributed by atoms with E-state index in [2.05, 4.69) is 6.92 Å². The van der Waals surface area contributed by atoms with Gasteiger partial charge in [0.15, 0.2) is 0 Å². The van der Waals surface area contributed by atoms with Gasteiger partial charge in [0.1, 0.15) is 11.6 Å². The summed E-state index contributed by atoms with van der Waals surface area (Å²) in [7, 11) is 0. The van der Waals surface area contributed by atoms with Crippen molar-refractivity contribution >= 4 is 0 Å². The minimum Gasteiger partial charge on any atom is -0.490 e. The van der Waals surface area contributed by atoms with Crippen LogP contribution in [0.4, 0.5) is 4.39 Å². The van der Waals surface area contributed by atoms with Gasteiger partial charge in [-0.2, -0.15) is 0 Å². The first-order chi connectivity index (χ1) is 7.24. The highest BCUT2D eigenvalue weighted by molar-refractivity contribution is 5.22. The molecule has 0 radical (unpaired) electrons. The maximum atomic E-state index is 12.9. The van der Waals surface area contributed by atoms with Crippen molar-refractivity contribution in [3.8, 4) is 5.75 Å². The van der Waals surface area contributed by atoms with Crippen LogP contribution in [0.3, 0.4) is 0 Å². The molecular weight excluding hydrogens is 191 g/mol. The van der Waals surface area contributed by atoms with E-state index in [9.17, 15) is 4.39 Å². The molecule has 0 saturated heterocycles.